The van der Waals surface area contributed by atoms with Crippen molar-refractivity contribution in [3.05, 3.63) is 243 Å². The molecule has 0 fully saturated rings. The van der Waals surface area contributed by atoms with Gasteiger partial charge in [0.2, 0.25) is 0 Å². The summed E-state index contributed by atoms with van der Waals surface area (Å²) in [5, 5.41) is 11.9. The fourth-order valence-corrected chi connectivity index (χ4v) is 17.2. The molecule has 0 nitrogen and oxygen atoms in total. The molecule has 85 heavy (non-hydrogen) atoms. The molecular weight excluding hydrogens is 1750 g/mol. The summed E-state index contributed by atoms with van der Waals surface area (Å²) in [5.41, 5.74) is 0. The fraction of sp³-hybridized carbons (Fsp3) is 0.200. The topological polar surface area (TPSA) is 0 Å². The molecule has 0 aliphatic carbocycles. The average molecular weight is 1810 g/mol. The van der Waals surface area contributed by atoms with Crippen LogP contribution in [0.25, 0.3) is 0 Å². The number of benzene rings is 8. The Hall–Kier alpha value is 1.97. The first-order valence-electron chi connectivity index (χ1n) is 24.3. The van der Waals surface area contributed by atoms with Gasteiger partial charge in [-0.2, -0.15) is 0 Å². The number of hydrogen-bond donors (Lipinski definition) is 0. The first-order valence-corrected chi connectivity index (χ1v) is 38.2. The van der Waals surface area contributed by atoms with Crippen LogP contribution in [0.5, 0.6) is 0 Å². The van der Waals surface area contributed by atoms with E-state index in [1.54, 1.807) is 0 Å². The van der Waals surface area contributed by atoms with Crippen molar-refractivity contribution < 1.29 is 45.9 Å². The first-order chi connectivity index (χ1) is 39.2. The molecule has 8 rings (SSSR count). The van der Waals surface area contributed by atoms with Crippen LogP contribution in [0.2, 0.25) is 0 Å². The molecule has 0 bridgehead atoms. The summed E-state index contributed by atoms with van der Waals surface area (Å²) < 4.78 is -4.50. The van der Waals surface area contributed by atoms with Crippen molar-refractivity contribution in [2.75, 3.05) is 24.6 Å². The van der Waals surface area contributed by atoms with E-state index in [1.807, 2.05) is 0 Å². The van der Waals surface area contributed by atoms with Crippen LogP contribution in [-0.2, 0) is 21.1 Å². The monoisotopic (exact) mass is 1800 g/mol. The summed E-state index contributed by atoms with van der Waals surface area (Å²) in [4.78, 5) is 0. The third-order valence-electron chi connectivity index (χ3n) is 10.1. The zero-order chi connectivity index (χ0) is 60.9. The van der Waals surface area contributed by atoms with E-state index >= 15 is 0 Å². The molecule has 0 aliphatic heterocycles. The molecule has 0 unspecified atom stereocenters. The third kappa shape index (κ3) is 50.1. The van der Waals surface area contributed by atoms with Crippen molar-refractivity contribution in [2.24, 2.45) is 0 Å². The van der Waals surface area contributed by atoms with Crippen LogP contribution in [-0.4, -0.2) is 50.4 Å². The van der Waals surface area contributed by atoms with Crippen molar-refractivity contribution in [2.45, 2.75) is 38.6 Å². The van der Waals surface area contributed by atoms with E-state index in [0.29, 0.717) is 0 Å². The van der Waals surface area contributed by atoms with Crippen LogP contribution in [0.15, 0.2) is 243 Å². The SMILES string of the molecule is ClC(Cl)Cl.ClC(Cl)Cl.ClC(Cl)Cl.ClC(Cl)Cl.ClC(Cl)Cl.ClC(Cl)Cl.[Cl-].[Cl-].[Pt+2].c1ccc(P(CCCP(c2ccccc2)c2ccccc2)c2ccccc2)cc1.c1ccc(P(CCCP(c2ccccc2)c2ccccc2)c2ccccc2)cc1. The van der Waals surface area contributed by atoms with Gasteiger partial charge < -0.3 is 24.8 Å². The largest absolute Gasteiger partial charge is 2.00 e. The standard InChI is InChI=1S/2C27H26P2.6CHCl3.2ClH.Pt/c2*1-5-14-24(15-6-1)28(25-16-7-2-8-17-25)22-13-23-29(26-18-9-3-10-19-26)27-20-11-4-12-21-27;6*2-1(3)4;;;/h2*1-12,14-21H,13,22-23H2;6*1H;2*1H;/q;;;;;;;;;;+2/p-2. The van der Waals surface area contributed by atoms with E-state index < -0.39 is 25.8 Å². The Morgan fingerprint density at radius 3 is 0.353 bits per heavy atom. The minimum Gasteiger partial charge on any atom is -1.00 e. The number of rotatable bonds is 16. The van der Waals surface area contributed by atoms with Gasteiger partial charge in [-0.25, -0.2) is 0 Å². The molecule has 0 aliphatic rings. The summed E-state index contributed by atoms with van der Waals surface area (Å²) in [6.07, 6.45) is 7.43. The van der Waals surface area contributed by atoms with Crippen LogP contribution in [0.1, 0.15) is 12.8 Å². The van der Waals surface area contributed by atoms with E-state index in [-0.39, 0.29) is 77.6 Å². The number of alkyl halides is 18. The predicted octanol–water partition coefficient (Wildman–Crippen LogP) is 17.2. The Kier molecular flexibility index (Phi) is 64.0. The molecule has 0 heterocycles. The van der Waals surface area contributed by atoms with Gasteiger partial charge >= 0.3 is 21.1 Å². The Labute approximate surface area is 626 Å². The van der Waals surface area contributed by atoms with Crippen molar-refractivity contribution in [1.29, 1.82) is 0 Å². The Morgan fingerprint density at radius 2 is 0.271 bits per heavy atom. The summed E-state index contributed by atoms with van der Waals surface area (Å²) >= 11 is 86.5. The predicted molar refractivity (Wildman–Crippen MR) is 393 cm³/mol. The molecule has 8 aromatic rings. The van der Waals surface area contributed by atoms with E-state index in [2.05, 4.69) is 243 Å². The van der Waals surface area contributed by atoms with Gasteiger partial charge in [0.15, 0.2) is 25.8 Å². The summed E-state index contributed by atoms with van der Waals surface area (Å²) in [7, 11) is -1.24. The smallest absolute Gasteiger partial charge is 1.00 e. The van der Waals surface area contributed by atoms with E-state index in [1.165, 1.54) is 79.9 Å². The third-order valence-corrected chi connectivity index (χ3v) is 20.5. The van der Waals surface area contributed by atoms with Crippen molar-refractivity contribution in [3.8, 4) is 0 Å². The van der Waals surface area contributed by atoms with Gasteiger partial charge in [-0.15, -0.1) is 0 Å². The molecule has 468 valence electrons. The van der Waals surface area contributed by atoms with Gasteiger partial charge in [0.25, 0.3) is 0 Å². The van der Waals surface area contributed by atoms with Gasteiger partial charge in [0, 0.05) is 0 Å². The maximum Gasteiger partial charge on any atom is 2.00 e. The van der Waals surface area contributed by atoms with Crippen LogP contribution in [0, 0.1) is 0 Å². The maximum atomic E-state index is 4.81. The van der Waals surface area contributed by atoms with Crippen LogP contribution in [0.3, 0.4) is 0 Å². The zero-order valence-corrected chi connectivity index (χ0v) is 65.4. The molecule has 0 amide bonds. The second kappa shape index (κ2) is 59.7. The maximum absolute atomic E-state index is 4.81. The number of halogens is 20. The number of hydrogen-bond acceptors (Lipinski definition) is 0. The Balaban J connectivity index is -0.00000112. The van der Waals surface area contributed by atoms with E-state index in [9.17, 15) is 0 Å². The summed E-state index contributed by atoms with van der Waals surface area (Å²) in [5.74, 6) is 0. The van der Waals surface area contributed by atoms with Crippen LogP contribution < -0.4 is 67.3 Å². The fourth-order valence-electron chi connectivity index (χ4n) is 7.27. The summed E-state index contributed by atoms with van der Waals surface area (Å²) in [6.45, 7) is 0. The molecule has 0 atom stereocenters. The van der Waals surface area contributed by atoms with Gasteiger partial charge in [-0.05, 0) is 112 Å². The Bertz CT molecular complexity index is 2100. The Morgan fingerprint density at radius 1 is 0.188 bits per heavy atom. The molecule has 0 N–H and O–H groups in total. The average Bonchev–Trinajstić information content (AvgIpc) is 3.62. The van der Waals surface area contributed by atoms with Crippen molar-refractivity contribution in [3.63, 3.8) is 0 Å². The minimum absolute atomic E-state index is 0. The molecular formula is C60H58Cl20P4Pt. The molecule has 0 spiro atoms. The molecule has 0 aromatic heterocycles. The molecule has 0 saturated carbocycles. The molecule has 0 saturated heterocycles. The van der Waals surface area contributed by atoms with Gasteiger partial charge in [-0.3, -0.25) is 0 Å². The molecule has 25 heteroatoms. The zero-order valence-electron chi connectivity index (χ0n) is 44.5. The van der Waals surface area contributed by atoms with Gasteiger partial charge in [0.1, 0.15) is 0 Å². The van der Waals surface area contributed by atoms with E-state index in [4.69, 9.17) is 209 Å². The second-order valence-electron chi connectivity index (χ2n) is 15.5. The minimum atomic E-state index is -0.750. The molecule has 0 radical (unpaired) electrons. The van der Waals surface area contributed by atoms with Crippen molar-refractivity contribution >= 4 is 283 Å². The van der Waals surface area contributed by atoms with Gasteiger partial charge in [-0.1, -0.05) is 451 Å². The van der Waals surface area contributed by atoms with E-state index in [0.717, 1.165) is 0 Å². The van der Waals surface area contributed by atoms with Crippen LogP contribution >= 0.6 is 241 Å². The normalized spacial score (nSPS) is 10.1. The first kappa shape index (κ1) is 91.2. The summed E-state index contributed by atoms with van der Waals surface area (Å²) in [6, 6.07) is 88.6. The second-order valence-corrected chi connectivity index (χ2v) is 36.7. The van der Waals surface area contributed by atoms with Gasteiger partial charge in [0.05, 0.1) is 0 Å². The van der Waals surface area contributed by atoms with Crippen molar-refractivity contribution in [1.82, 2.24) is 0 Å². The molecule has 8 aromatic carbocycles. The van der Waals surface area contributed by atoms with Crippen LogP contribution in [0.4, 0.5) is 0 Å². The quantitative estimate of drug-likeness (QED) is 0.0668.